The number of imidazole rings is 1. The van der Waals surface area contributed by atoms with Crippen LogP contribution in [0.2, 0.25) is 0 Å². The molecule has 0 radical (unpaired) electrons. The van der Waals surface area contributed by atoms with E-state index in [1.54, 1.807) is 0 Å². The van der Waals surface area contributed by atoms with Gasteiger partial charge in [0.2, 0.25) is 0 Å². The van der Waals surface area contributed by atoms with E-state index in [4.69, 9.17) is 5.73 Å². The first kappa shape index (κ1) is 23.7. The van der Waals surface area contributed by atoms with E-state index in [1.807, 2.05) is 0 Å². The van der Waals surface area contributed by atoms with Crippen molar-refractivity contribution in [2.45, 2.75) is 18.9 Å². The fourth-order valence-corrected chi connectivity index (χ4v) is 2.86. The standard InChI is InChI=1S/C17H14F7N5.ClH/c1-28-12(6-14(27-28)17(22,23)24)11-4-9(16(19,20)21)5-13-15(11)26-8-29(13)7-10(18)2-3-25;/h2,4-6,8H,3,7,25H2,1H3;1H/b10-2-;. The Hall–Kier alpha value is -2.60. The molecule has 0 atom stereocenters. The molecule has 0 aliphatic carbocycles. The molecule has 13 heteroatoms. The third kappa shape index (κ3) is 4.59. The van der Waals surface area contributed by atoms with Crippen molar-refractivity contribution in [3.8, 4) is 11.3 Å². The van der Waals surface area contributed by atoms with E-state index < -0.39 is 36.0 Å². The molecule has 0 amide bonds. The summed E-state index contributed by atoms with van der Waals surface area (Å²) in [7, 11) is 1.18. The van der Waals surface area contributed by atoms with Gasteiger partial charge in [0.1, 0.15) is 5.83 Å². The molecule has 0 aliphatic rings. The van der Waals surface area contributed by atoms with Gasteiger partial charge in [-0.05, 0) is 24.3 Å². The van der Waals surface area contributed by atoms with E-state index in [0.717, 1.165) is 27.7 Å². The predicted octanol–water partition coefficient (Wildman–Crippen LogP) is 4.71. The number of alkyl halides is 6. The number of benzene rings is 1. The minimum atomic E-state index is -4.78. The Morgan fingerprint density at radius 3 is 2.30 bits per heavy atom. The smallest absolute Gasteiger partial charge is 0.327 e. The van der Waals surface area contributed by atoms with Gasteiger partial charge >= 0.3 is 12.4 Å². The summed E-state index contributed by atoms with van der Waals surface area (Å²) >= 11 is 0. The molecule has 5 nitrogen and oxygen atoms in total. The maximum Gasteiger partial charge on any atom is 0.435 e. The third-order valence-corrected chi connectivity index (χ3v) is 4.16. The minimum Gasteiger partial charge on any atom is -0.327 e. The first-order valence-electron chi connectivity index (χ1n) is 8.14. The van der Waals surface area contributed by atoms with Crippen LogP contribution in [0.3, 0.4) is 0 Å². The van der Waals surface area contributed by atoms with Crippen molar-refractivity contribution >= 4 is 23.4 Å². The number of nitrogens with two attached hydrogens (primary N) is 1. The maximum atomic E-state index is 13.8. The van der Waals surface area contributed by atoms with Crippen LogP contribution in [0, 0.1) is 0 Å². The summed E-state index contributed by atoms with van der Waals surface area (Å²) in [5, 5.41) is 3.33. The first-order valence-corrected chi connectivity index (χ1v) is 8.14. The van der Waals surface area contributed by atoms with Crippen LogP contribution < -0.4 is 5.73 Å². The third-order valence-electron chi connectivity index (χ3n) is 4.16. The van der Waals surface area contributed by atoms with Gasteiger partial charge in [-0.1, -0.05) is 0 Å². The van der Waals surface area contributed by atoms with Crippen molar-refractivity contribution in [3.05, 3.63) is 47.7 Å². The zero-order valence-corrected chi connectivity index (χ0v) is 16.0. The number of aryl methyl sites for hydroxylation is 1. The lowest BCUT2D eigenvalue weighted by molar-refractivity contribution is -0.141. The summed E-state index contributed by atoms with van der Waals surface area (Å²) in [4.78, 5) is 3.99. The molecule has 164 valence electrons. The average molecular weight is 458 g/mol. The number of aromatic nitrogens is 4. The fraction of sp³-hybridized carbons (Fsp3) is 0.294. The number of nitrogens with zero attached hydrogens (tertiary/aromatic N) is 4. The molecule has 0 bridgehead atoms. The van der Waals surface area contributed by atoms with Crippen LogP contribution in [0.1, 0.15) is 11.3 Å². The Labute approximate surface area is 171 Å². The number of hydrogen-bond donors (Lipinski definition) is 1. The van der Waals surface area contributed by atoms with E-state index in [1.165, 1.54) is 7.05 Å². The van der Waals surface area contributed by atoms with E-state index in [0.29, 0.717) is 12.1 Å². The van der Waals surface area contributed by atoms with Gasteiger partial charge in [0.05, 0.1) is 35.2 Å². The fourth-order valence-electron chi connectivity index (χ4n) is 2.86. The number of allylic oxidation sites excluding steroid dienone is 1. The normalized spacial score (nSPS) is 13.0. The second kappa shape index (κ2) is 8.26. The molecule has 0 aliphatic heterocycles. The molecule has 30 heavy (non-hydrogen) atoms. The van der Waals surface area contributed by atoms with E-state index in [2.05, 4.69) is 10.1 Å². The van der Waals surface area contributed by atoms with Crippen molar-refractivity contribution in [1.29, 1.82) is 0 Å². The predicted molar refractivity (Wildman–Crippen MR) is 97.4 cm³/mol. The van der Waals surface area contributed by atoms with Crippen molar-refractivity contribution in [3.63, 3.8) is 0 Å². The highest BCUT2D eigenvalue weighted by molar-refractivity contribution is 5.92. The van der Waals surface area contributed by atoms with Crippen LogP contribution in [0.4, 0.5) is 30.7 Å². The lowest BCUT2D eigenvalue weighted by Gasteiger charge is -2.12. The van der Waals surface area contributed by atoms with Crippen LogP contribution in [-0.2, 0) is 25.9 Å². The monoisotopic (exact) mass is 457 g/mol. The van der Waals surface area contributed by atoms with Crippen LogP contribution in [0.5, 0.6) is 0 Å². The van der Waals surface area contributed by atoms with Crippen molar-refractivity contribution < 1.29 is 30.7 Å². The van der Waals surface area contributed by atoms with E-state index in [-0.39, 0.29) is 41.2 Å². The van der Waals surface area contributed by atoms with Crippen LogP contribution in [0.25, 0.3) is 22.3 Å². The minimum absolute atomic E-state index is 0. The largest absolute Gasteiger partial charge is 0.435 e. The summed E-state index contributed by atoms with van der Waals surface area (Å²) in [6.45, 7) is -0.527. The number of rotatable bonds is 4. The average Bonchev–Trinajstić information content (AvgIpc) is 3.17. The Balaban J connectivity index is 0.00000320. The molecule has 3 rings (SSSR count). The lowest BCUT2D eigenvalue weighted by Crippen LogP contribution is -2.07. The molecule has 1 aromatic carbocycles. The van der Waals surface area contributed by atoms with Gasteiger partial charge in [-0.15, -0.1) is 12.4 Å². The van der Waals surface area contributed by atoms with Gasteiger partial charge in [0, 0.05) is 19.2 Å². The molecule has 0 saturated carbocycles. The molecular weight excluding hydrogens is 443 g/mol. The van der Waals surface area contributed by atoms with Crippen molar-refractivity contribution in [2.75, 3.05) is 6.54 Å². The summed E-state index contributed by atoms with van der Waals surface area (Å²) in [6.07, 6.45) is -7.39. The van der Waals surface area contributed by atoms with Crippen molar-refractivity contribution in [1.82, 2.24) is 19.3 Å². The Bertz CT molecular complexity index is 1080. The lowest BCUT2D eigenvalue weighted by atomic mass is 10.0. The number of fused-ring (bicyclic) bond motifs is 1. The Morgan fingerprint density at radius 2 is 1.77 bits per heavy atom. The molecule has 0 unspecified atom stereocenters. The molecule has 0 fully saturated rings. The molecule has 3 aromatic rings. The van der Waals surface area contributed by atoms with Gasteiger partial charge < -0.3 is 10.3 Å². The van der Waals surface area contributed by atoms with Crippen LogP contribution >= 0.6 is 12.4 Å². The van der Waals surface area contributed by atoms with E-state index >= 15 is 0 Å². The van der Waals surface area contributed by atoms with Gasteiger partial charge in [0.15, 0.2) is 5.69 Å². The number of halogens is 8. The quantitative estimate of drug-likeness (QED) is 0.577. The zero-order valence-electron chi connectivity index (χ0n) is 15.2. The van der Waals surface area contributed by atoms with Gasteiger partial charge in [-0.25, -0.2) is 9.37 Å². The molecule has 2 N–H and O–H groups in total. The molecule has 2 aromatic heterocycles. The molecule has 2 heterocycles. The maximum absolute atomic E-state index is 13.8. The second-order valence-electron chi connectivity index (χ2n) is 6.18. The molecule has 0 spiro atoms. The van der Waals surface area contributed by atoms with Crippen molar-refractivity contribution in [2.24, 2.45) is 12.8 Å². The van der Waals surface area contributed by atoms with Gasteiger partial charge in [-0.2, -0.15) is 31.4 Å². The Kier molecular flexibility index (Phi) is 6.52. The highest BCUT2D eigenvalue weighted by Crippen LogP contribution is 2.38. The van der Waals surface area contributed by atoms with E-state index in [9.17, 15) is 30.7 Å². The first-order chi connectivity index (χ1) is 13.4. The number of hydrogen-bond acceptors (Lipinski definition) is 3. The van der Waals surface area contributed by atoms with Gasteiger partial charge in [0.25, 0.3) is 0 Å². The summed E-state index contributed by atoms with van der Waals surface area (Å²) in [6, 6.07) is 2.11. The highest BCUT2D eigenvalue weighted by atomic mass is 35.5. The zero-order chi connectivity index (χ0) is 21.6. The summed E-state index contributed by atoms with van der Waals surface area (Å²) < 4.78 is 94.8. The molecular formula is C17H15ClF7N5. The van der Waals surface area contributed by atoms with Gasteiger partial charge in [-0.3, -0.25) is 4.68 Å². The summed E-state index contributed by atoms with van der Waals surface area (Å²) in [5.41, 5.74) is 2.32. The van der Waals surface area contributed by atoms with Crippen LogP contribution in [-0.4, -0.2) is 25.9 Å². The topological polar surface area (TPSA) is 61.7 Å². The second-order valence-corrected chi connectivity index (χ2v) is 6.18. The Morgan fingerprint density at radius 1 is 1.10 bits per heavy atom. The van der Waals surface area contributed by atoms with Crippen LogP contribution in [0.15, 0.2) is 36.4 Å². The highest BCUT2D eigenvalue weighted by Gasteiger charge is 2.36. The SMILES string of the molecule is Cl.Cn1nc(C(F)(F)F)cc1-c1cc(C(F)(F)F)cc2c1ncn2C/C(F)=C/CN. The molecule has 0 saturated heterocycles. The summed E-state index contributed by atoms with van der Waals surface area (Å²) in [5.74, 6) is -0.689.